The number of hydrogen-bond acceptors (Lipinski definition) is 7. The Balaban J connectivity index is 2.06. The van der Waals surface area contributed by atoms with Crippen molar-refractivity contribution in [2.45, 2.75) is 24.9 Å². The molecule has 0 saturated carbocycles. The van der Waals surface area contributed by atoms with Crippen molar-refractivity contribution in [3.05, 3.63) is 11.1 Å². The number of rotatable bonds is 2. The molecular formula is C10H12BrN5O3. The molecule has 102 valence electrons. The van der Waals surface area contributed by atoms with Gasteiger partial charge >= 0.3 is 0 Å². The van der Waals surface area contributed by atoms with Crippen LogP contribution in [0.3, 0.4) is 0 Å². The Labute approximate surface area is 116 Å². The van der Waals surface area contributed by atoms with Gasteiger partial charge in [-0.25, -0.2) is 15.0 Å². The van der Waals surface area contributed by atoms with E-state index < -0.39 is 18.4 Å². The molecule has 1 saturated heterocycles. The minimum Gasteiger partial charge on any atom is -0.394 e. The van der Waals surface area contributed by atoms with Crippen LogP contribution in [-0.4, -0.2) is 48.5 Å². The van der Waals surface area contributed by atoms with Crippen LogP contribution in [0.4, 0.5) is 5.82 Å². The fourth-order valence-corrected chi connectivity index (χ4v) is 2.77. The summed E-state index contributed by atoms with van der Waals surface area (Å²) in [6, 6.07) is 0. The molecule has 9 heteroatoms. The van der Waals surface area contributed by atoms with Crippen LogP contribution in [0.25, 0.3) is 11.2 Å². The molecule has 0 spiro atoms. The van der Waals surface area contributed by atoms with E-state index in [0.717, 1.165) is 0 Å². The smallest absolute Gasteiger partial charge is 0.181 e. The van der Waals surface area contributed by atoms with Crippen LogP contribution in [0.15, 0.2) is 11.1 Å². The van der Waals surface area contributed by atoms with Crippen LogP contribution < -0.4 is 5.73 Å². The Hall–Kier alpha value is -1.29. The third kappa shape index (κ3) is 1.98. The highest BCUT2D eigenvalue weighted by Crippen LogP contribution is 2.34. The molecule has 1 aliphatic heterocycles. The number of aliphatic hydroxyl groups excluding tert-OH is 2. The van der Waals surface area contributed by atoms with Crippen LogP contribution in [-0.2, 0) is 4.74 Å². The van der Waals surface area contributed by atoms with Gasteiger partial charge in [-0.1, -0.05) is 0 Å². The first-order valence-electron chi connectivity index (χ1n) is 5.70. The van der Waals surface area contributed by atoms with Crippen molar-refractivity contribution in [2.75, 3.05) is 12.3 Å². The lowest BCUT2D eigenvalue weighted by Crippen LogP contribution is -2.24. The standard InChI is InChI=1S/C10H12BrN5O3/c11-10-15-7-8(12)13-3-14-9(7)16(10)6-1-4(18)5(2-17)19-6/h3-6,17-18H,1-2H2,(H2,12,13,14). The maximum Gasteiger partial charge on any atom is 0.181 e. The normalized spacial score (nSPS) is 27.2. The second-order valence-corrected chi connectivity index (χ2v) is 5.01. The molecule has 2 aromatic heterocycles. The number of anilines is 1. The summed E-state index contributed by atoms with van der Waals surface area (Å²) in [6.45, 7) is -0.237. The number of nitrogens with zero attached hydrogens (tertiary/aromatic N) is 4. The molecule has 1 aliphatic rings. The zero-order valence-corrected chi connectivity index (χ0v) is 11.4. The molecule has 3 unspecified atom stereocenters. The lowest BCUT2D eigenvalue weighted by Gasteiger charge is -2.14. The molecule has 3 rings (SSSR count). The molecule has 0 bridgehead atoms. The van der Waals surface area contributed by atoms with Crippen molar-refractivity contribution < 1.29 is 14.9 Å². The average molecular weight is 330 g/mol. The summed E-state index contributed by atoms with van der Waals surface area (Å²) in [5, 5.41) is 18.9. The molecule has 4 N–H and O–H groups in total. The van der Waals surface area contributed by atoms with Gasteiger partial charge in [0, 0.05) is 6.42 Å². The molecule has 3 heterocycles. The lowest BCUT2D eigenvalue weighted by molar-refractivity contribution is -0.0439. The minimum absolute atomic E-state index is 0.237. The van der Waals surface area contributed by atoms with Gasteiger partial charge in [0.2, 0.25) is 0 Å². The third-order valence-corrected chi connectivity index (χ3v) is 3.69. The van der Waals surface area contributed by atoms with Crippen LogP contribution in [0.5, 0.6) is 0 Å². The molecule has 3 atom stereocenters. The maximum atomic E-state index is 9.78. The monoisotopic (exact) mass is 329 g/mol. The number of nitrogens with two attached hydrogens (primary N) is 1. The SMILES string of the molecule is Nc1ncnc2c1nc(Br)n2C1CC(O)C(CO)O1. The number of imidazole rings is 1. The lowest BCUT2D eigenvalue weighted by atomic mass is 10.2. The van der Waals surface area contributed by atoms with Crippen molar-refractivity contribution in [3.63, 3.8) is 0 Å². The Bertz CT molecular complexity index is 618. The highest BCUT2D eigenvalue weighted by atomic mass is 79.9. The van der Waals surface area contributed by atoms with Gasteiger partial charge in [-0.2, -0.15) is 0 Å². The Morgan fingerprint density at radius 1 is 1.53 bits per heavy atom. The fraction of sp³-hybridized carbons (Fsp3) is 0.500. The molecule has 0 aliphatic carbocycles. The van der Waals surface area contributed by atoms with E-state index in [-0.39, 0.29) is 12.4 Å². The Morgan fingerprint density at radius 3 is 3.00 bits per heavy atom. The number of ether oxygens (including phenoxy) is 1. The van der Waals surface area contributed by atoms with E-state index in [0.29, 0.717) is 22.3 Å². The first-order chi connectivity index (χ1) is 9.11. The number of fused-ring (bicyclic) bond motifs is 1. The van der Waals surface area contributed by atoms with Crippen LogP contribution in [0.2, 0.25) is 0 Å². The largest absolute Gasteiger partial charge is 0.394 e. The summed E-state index contributed by atoms with van der Waals surface area (Å²) in [4.78, 5) is 12.3. The topological polar surface area (TPSA) is 119 Å². The van der Waals surface area contributed by atoms with E-state index in [1.807, 2.05) is 0 Å². The molecule has 19 heavy (non-hydrogen) atoms. The second kappa shape index (κ2) is 4.67. The Kier molecular flexibility index (Phi) is 3.13. The number of hydrogen-bond donors (Lipinski definition) is 3. The van der Waals surface area contributed by atoms with Crippen molar-refractivity contribution in [1.82, 2.24) is 19.5 Å². The van der Waals surface area contributed by atoms with E-state index in [1.54, 1.807) is 4.57 Å². The highest BCUT2D eigenvalue weighted by molar-refractivity contribution is 9.10. The van der Waals surface area contributed by atoms with Gasteiger partial charge in [-0.05, 0) is 15.9 Å². The van der Waals surface area contributed by atoms with Gasteiger partial charge < -0.3 is 20.7 Å². The minimum atomic E-state index is -0.724. The van der Waals surface area contributed by atoms with Gasteiger partial charge in [-0.3, -0.25) is 4.57 Å². The first kappa shape index (κ1) is 12.7. The molecular weight excluding hydrogens is 318 g/mol. The van der Waals surface area contributed by atoms with Crippen LogP contribution >= 0.6 is 15.9 Å². The fourth-order valence-electron chi connectivity index (χ4n) is 2.19. The van der Waals surface area contributed by atoms with E-state index >= 15 is 0 Å². The quantitative estimate of drug-likeness (QED) is 0.653. The molecule has 0 amide bonds. The molecule has 2 aromatic rings. The summed E-state index contributed by atoms with van der Waals surface area (Å²) < 4.78 is 7.77. The molecule has 0 aromatic carbocycles. The molecule has 0 radical (unpaired) electrons. The highest BCUT2D eigenvalue weighted by Gasteiger charge is 2.36. The maximum absolute atomic E-state index is 9.78. The summed E-state index contributed by atoms with van der Waals surface area (Å²) >= 11 is 3.32. The predicted octanol–water partition coefficient (Wildman–Crippen LogP) is -0.188. The zero-order chi connectivity index (χ0) is 13.6. The molecule has 1 fully saturated rings. The van der Waals surface area contributed by atoms with Crippen LogP contribution in [0, 0.1) is 0 Å². The van der Waals surface area contributed by atoms with Crippen molar-refractivity contribution >= 4 is 32.9 Å². The first-order valence-corrected chi connectivity index (χ1v) is 6.49. The van der Waals surface area contributed by atoms with E-state index in [9.17, 15) is 5.11 Å². The Morgan fingerprint density at radius 2 is 2.32 bits per heavy atom. The number of aliphatic hydroxyl groups is 2. The predicted molar refractivity (Wildman–Crippen MR) is 69.1 cm³/mol. The van der Waals surface area contributed by atoms with E-state index in [2.05, 4.69) is 30.9 Å². The van der Waals surface area contributed by atoms with Gasteiger partial charge in [0.15, 0.2) is 21.7 Å². The van der Waals surface area contributed by atoms with Gasteiger partial charge in [0.05, 0.1) is 12.7 Å². The summed E-state index contributed by atoms with van der Waals surface area (Å²) in [6.07, 6.45) is -0.0935. The van der Waals surface area contributed by atoms with E-state index in [1.165, 1.54) is 6.33 Å². The second-order valence-electron chi connectivity index (χ2n) is 4.30. The van der Waals surface area contributed by atoms with Gasteiger partial charge in [0.25, 0.3) is 0 Å². The van der Waals surface area contributed by atoms with Gasteiger partial charge in [0.1, 0.15) is 18.7 Å². The summed E-state index contributed by atoms with van der Waals surface area (Å²) in [5.41, 5.74) is 6.74. The average Bonchev–Trinajstić information content (AvgIpc) is 2.90. The van der Waals surface area contributed by atoms with Crippen molar-refractivity contribution in [2.24, 2.45) is 0 Å². The van der Waals surface area contributed by atoms with Crippen LogP contribution in [0.1, 0.15) is 12.6 Å². The number of halogens is 1. The van der Waals surface area contributed by atoms with Crippen molar-refractivity contribution in [1.29, 1.82) is 0 Å². The zero-order valence-electron chi connectivity index (χ0n) is 9.77. The number of nitrogen functional groups attached to an aromatic ring is 1. The summed E-state index contributed by atoms with van der Waals surface area (Å²) in [5.74, 6) is 0.279. The van der Waals surface area contributed by atoms with Crippen molar-refractivity contribution in [3.8, 4) is 0 Å². The van der Waals surface area contributed by atoms with Gasteiger partial charge in [-0.15, -0.1) is 0 Å². The number of aromatic nitrogens is 4. The third-order valence-electron chi connectivity index (χ3n) is 3.13. The van der Waals surface area contributed by atoms with E-state index in [4.69, 9.17) is 15.6 Å². The molecule has 8 nitrogen and oxygen atoms in total. The summed E-state index contributed by atoms with van der Waals surface area (Å²) in [7, 11) is 0.